The first-order valence-electron chi connectivity index (χ1n) is 13.7. The van der Waals surface area contributed by atoms with Crippen molar-refractivity contribution in [1.29, 1.82) is 0 Å². The van der Waals surface area contributed by atoms with Crippen LogP contribution in [0.4, 0.5) is 0 Å². The van der Waals surface area contributed by atoms with Crippen LogP contribution in [0.1, 0.15) is 56.8 Å². The zero-order chi connectivity index (χ0) is 28.3. The van der Waals surface area contributed by atoms with E-state index in [9.17, 15) is 14.7 Å². The predicted molar refractivity (Wildman–Crippen MR) is 150 cm³/mol. The molecular weight excluding hydrogens is 496 g/mol. The van der Waals surface area contributed by atoms with E-state index in [0.29, 0.717) is 61.3 Å². The Bertz CT molecular complexity index is 1250. The van der Waals surface area contributed by atoms with Crippen molar-refractivity contribution in [2.75, 3.05) is 40.4 Å². The molecule has 2 aliphatic heterocycles. The lowest BCUT2D eigenvalue weighted by Gasteiger charge is -2.27. The number of hydrogen-bond acceptors (Lipinski definition) is 7. The number of ether oxygens (including phenoxy) is 3. The zero-order valence-corrected chi connectivity index (χ0v) is 23.8. The van der Waals surface area contributed by atoms with Gasteiger partial charge in [-0.25, -0.2) is 0 Å². The van der Waals surface area contributed by atoms with Crippen LogP contribution < -0.4 is 14.2 Å². The van der Waals surface area contributed by atoms with Gasteiger partial charge in [-0.3, -0.25) is 9.59 Å². The molecule has 8 heteroatoms. The number of amides is 1. The van der Waals surface area contributed by atoms with Crippen molar-refractivity contribution < 1.29 is 28.9 Å². The van der Waals surface area contributed by atoms with E-state index >= 15 is 0 Å². The summed E-state index contributed by atoms with van der Waals surface area (Å²) in [5.74, 6) is 0.915. The SMILES string of the molecule is CCOc1cc(C2/C(=C(\O)c3ccc4c(c3)CC(C)O4)C(=O)C(=O)N2CCN(C)C)ccc1OCCC(C)C. The number of carbonyl (C=O) groups is 2. The van der Waals surface area contributed by atoms with E-state index in [2.05, 4.69) is 13.8 Å². The molecule has 39 heavy (non-hydrogen) atoms. The van der Waals surface area contributed by atoms with Gasteiger partial charge < -0.3 is 29.1 Å². The summed E-state index contributed by atoms with van der Waals surface area (Å²) in [6.07, 6.45) is 1.67. The Balaban J connectivity index is 1.78. The van der Waals surface area contributed by atoms with Gasteiger partial charge in [0.15, 0.2) is 11.5 Å². The van der Waals surface area contributed by atoms with E-state index in [1.165, 1.54) is 4.90 Å². The van der Waals surface area contributed by atoms with Crippen molar-refractivity contribution >= 4 is 17.4 Å². The summed E-state index contributed by atoms with van der Waals surface area (Å²) in [4.78, 5) is 30.2. The monoisotopic (exact) mass is 536 g/mol. The van der Waals surface area contributed by atoms with Crippen LogP contribution in [-0.4, -0.2) is 73.1 Å². The second-order valence-corrected chi connectivity index (χ2v) is 10.9. The number of likely N-dealkylation sites (tertiary alicyclic amines) is 1. The van der Waals surface area contributed by atoms with Crippen LogP contribution in [0, 0.1) is 5.92 Å². The molecule has 2 heterocycles. The number of aliphatic hydroxyl groups excluding tert-OH is 1. The third-order valence-corrected chi connectivity index (χ3v) is 7.03. The number of fused-ring (bicyclic) bond motifs is 1. The van der Waals surface area contributed by atoms with Gasteiger partial charge in [0.1, 0.15) is 17.6 Å². The van der Waals surface area contributed by atoms with Crippen LogP contribution in [0.25, 0.3) is 5.76 Å². The molecule has 2 unspecified atom stereocenters. The highest BCUT2D eigenvalue weighted by atomic mass is 16.5. The Kier molecular flexibility index (Phi) is 8.85. The number of benzene rings is 2. The summed E-state index contributed by atoms with van der Waals surface area (Å²) in [5.41, 5.74) is 2.20. The Morgan fingerprint density at radius 2 is 1.90 bits per heavy atom. The van der Waals surface area contributed by atoms with Crippen molar-refractivity contribution in [3.05, 3.63) is 58.7 Å². The van der Waals surface area contributed by atoms with Crippen molar-refractivity contribution in [3.63, 3.8) is 0 Å². The van der Waals surface area contributed by atoms with Gasteiger partial charge in [-0.15, -0.1) is 0 Å². The van der Waals surface area contributed by atoms with Crippen LogP contribution in [0.15, 0.2) is 42.0 Å². The van der Waals surface area contributed by atoms with E-state index < -0.39 is 17.7 Å². The number of Topliss-reactive ketones (excluding diaryl/α,β-unsaturated/α-hetero) is 1. The van der Waals surface area contributed by atoms with Gasteiger partial charge in [-0.1, -0.05) is 19.9 Å². The molecule has 2 aliphatic rings. The summed E-state index contributed by atoms with van der Waals surface area (Å²) >= 11 is 0. The first kappa shape index (κ1) is 28.5. The predicted octanol–water partition coefficient (Wildman–Crippen LogP) is 4.82. The second-order valence-electron chi connectivity index (χ2n) is 10.9. The standard InChI is InChI=1S/C31H40N2O6/c1-7-37-26-18-21(8-11-25(26)38-15-12-19(2)3)28-27(30(35)31(36)33(28)14-13-32(5)6)29(34)22-9-10-24-23(17-22)16-20(4)39-24/h8-11,17-20,28,34H,7,12-16H2,1-6H3/b29-27+. The van der Waals surface area contributed by atoms with Crippen LogP contribution in [0.2, 0.25) is 0 Å². The van der Waals surface area contributed by atoms with Crippen molar-refractivity contribution in [2.45, 2.75) is 52.7 Å². The number of likely N-dealkylation sites (N-methyl/N-ethyl adjacent to an activating group) is 1. The summed E-state index contributed by atoms with van der Waals surface area (Å²) < 4.78 is 17.7. The molecule has 210 valence electrons. The molecule has 2 atom stereocenters. The zero-order valence-electron chi connectivity index (χ0n) is 23.8. The average Bonchev–Trinajstić information content (AvgIpc) is 3.38. The maximum absolute atomic E-state index is 13.4. The first-order valence-corrected chi connectivity index (χ1v) is 13.7. The van der Waals surface area contributed by atoms with Crippen LogP contribution in [0.5, 0.6) is 17.2 Å². The summed E-state index contributed by atoms with van der Waals surface area (Å²) in [5, 5.41) is 11.5. The fraction of sp³-hybridized carbons (Fsp3) is 0.484. The molecule has 2 aromatic rings. The van der Waals surface area contributed by atoms with E-state index in [1.807, 2.05) is 63.2 Å². The third kappa shape index (κ3) is 6.22. The minimum absolute atomic E-state index is 0.0484. The molecule has 1 N–H and O–H groups in total. The summed E-state index contributed by atoms with van der Waals surface area (Å²) in [7, 11) is 3.82. The summed E-state index contributed by atoms with van der Waals surface area (Å²) in [6.45, 7) is 10.0. The van der Waals surface area contributed by atoms with E-state index in [4.69, 9.17) is 14.2 Å². The molecule has 0 saturated carbocycles. The lowest BCUT2D eigenvalue weighted by Crippen LogP contribution is -2.35. The van der Waals surface area contributed by atoms with Gasteiger partial charge in [0.05, 0.1) is 24.8 Å². The molecule has 0 aromatic heterocycles. The highest BCUT2D eigenvalue weighted by Gasteiger charge is 2.46. The molecule has 0 radical (unpaired) electrons. The minimum Gasteiger partial charge on any atom is -0.507 e. The van der Waals surface area contributed by atoms with E-state index in [0.717, 1.165) is 17.7 Å². The number of carbonyl (C=O) groups excluding carboxylic acids is 2. The lowest BCUT2D eigenvalue weighted by atomic mass is 9.94. The average molecular weight is 537 g/mol. The minimum atomic E-state index is -0.766. The van der Waals surface area contributed by atoms with Gasteiger partial charge in [-0.2, -0.15) is 0 Å². The Morgan fingerprint density at radius 3 is 2.59 bits per heavy atom. The first-order chi connectivity index (χ1) is 18.6. The molecule has 4 rings (SSSR count). The molecule has 2 aromatic carbocycles. The van der Waals surface area contributed by atoms with Crippen LogP contribution in [-0.2, 0) is 16.0 Å². The summed E-state index contributed by atoms with van der Waals surface area (Å²) in [6, 6.07) is 10.1. The van der Waals surface area contributed by atoms with Gasteiger partial charge in [-0.05, 0) is 81.7 Å². The Hall–Kier alpha value is -3.52. The Labute approximate surface area is 231 Å². The molecule has 1 amide bonds. The molecule has 1 saturated heterocycles. The smallest absolute Gasteiger partial charge is 0.295 e. The number of nitrogens with zero attached hydrogens (tertiary/aromatic N) is 2. The number of rotatable bonds is 11. The molecule has 0 bridgehead atoms. The maximum atomic E-state index is 13.4. The highest BCUT2D eigenvalue weighted by Crippen LogP contribution is 2.42. The fourth-order valence-corrected chi connectivity index (χ4v) is 4.98. The van der Waals surface area contributed by atoms with Crippen molar-refractivity contribution in [2.24, 2.45) is 5.92 Å². The van der Waals surface area contributed by atoms with E-state index in [-0.39, 0.29) is 17.4 Å². The van der Waals surface area contributed by atoms with Gasteiger partial charge >= 0.3 is 0 Å². The van der Waals surface area contributed by atoms with E-state index in [1.54, 1.807) is 6.07 Å². The second kappa shape index (κ2) is 12.1. The largest absolute Gasteiger partial charge is 0.507 e. The highest BCUT2D eigenvalue weighted by molar-refractivity contribution is 6.46. The molecule has 8 nitrogen and oxygen atoms in total. The molecule has 0 spiro atoms. The van der Waals surface area contributed by atoms with Crippen LogP contribution in [0.3, 0.4) is 0 Å². The third-order valence-electron chi connectivity index (χ3n) is 7.03. The van der Waals surface area contributed by atoms with Gasteiger partial charge in [0.25, 0.3) is 11.7 Å². The van der Waals surface area contributed by atoms with Gasteiger partial charge in [0.2, 0.25) is 0 Å². The van der Waals surface area contributed by atoms with Crippen molar-refractivity contribution in [1.82, 2.24) is 9.80 Å². The Morgan fingerprint density at radius 1 is 1.13 bits per heavy atom. The number of ketones is 1. The van der Waals surface area contributed by atoms with Crippen LogP contribution >= 0.6 is 0 Å². The quantitative estimate of drug-likeness (QED) is 0.250. The molecule has 0 aliphatic carbocycles. The topological polar surface area (TPSA) is 88.5 Å². The number of hydrogen-bond donors (Lipinski definition) is 1. The maximum Gasteiger partial charge on any atom is 0.295 e. The normalized spacial score (nSPS) is 20.1. The molecular formula is C31H40N2O6. The van der Waals surface area contributed by atoms with Gasteiger partial charge in [0, 0.05) is 25.1 Å². The number of aliphatic hydroxyl groups is 1. The molecule has 1 fully saturated rings. The van der Waals surface area contributed by atoms with Crippen molar-refractivity contribution in [3.8, 4) is 17.2 Å². The fourth-order valence-electron chi connectivity index (χ4n) is 4.98. The lowest BCUT2D eigenvalue weighted by molar-refractivity contribution is -0.140.